The summed E-state index contributed by atoms with van der Waals surface area (Å²) in [5.41, 5.74) is 17.5. The maximum atomic E-state index is 7.97. The minimum atomic E-state index is -0.994. The maximum absolute atomic E-state index is 7.97. The summed E-state index contributed by atoms with van der Waals surface area (Å²) in [5, 5.41) is 2.36. The fourth-order valence-corrected chi connectivity index (χ4v) is 11.5. The summed E-state index contributed by atoms with van der Waals surface area (Å²) >= 11 is 0. The van der Waals surface area contributed by atoms with E-state index in [0.717, 1.165) is 63.2 Å². The topological polar surface area (TPSA) is 35.0 Å². The first-order valence-electron chi connectivity index (χ1n) is 22.8. The van der Waals surface area contributed by atoms with Crippen LogP contribution in [0.2, 0.25) is 0 Å². The van der Waals surface area contributed by atoms with E-state index in [1.807, 2.05) is 12.1 Å². The Kier molecular flexibility index (Phi) is 8.59. The van der Waals surface area contributed by atoms with Crippen molar-refractivity contribution in [3.63, 3.8) is 0 Å². The molecule has 0 bridgehead atoms. The number of ether oxygens (including phenoxy) is 1. The zero-order chi connectivity index (χ0) is 43.2. The van der Waals surface area contributed by atoms with Gasteiger partial charge in [0.1, 0.15) is 5.75 Å². The smallest absolute Gasteiger partial charge is 0.178 e. The van der Waals surface area contributed by atoms with Crippen molar-refractivity contribution >= 4 is 16.8 Å². The third kappa shape index (κ3) is 5.46. The van der Waals surface area contributed by atoms with Crippen LogP contribution in [-0.4, -0.2) is 9.97 Å². The van der Waals surface area contributed by atoms with Crippen LogP contribution in [0.1, 0.15) is 79.5 Å². The second kappa shape index (κ2) is 14.3. The third-order valence-corrected chi connectivity index (χ3v) is 14.8. The van der Waals surface area contributed by atoms with E-state index >= 15 is 0 Å². The molecule has 0 saturated carbocycles. The van der Waals surface area contributed by atoms with E-state index in [1.165, 1.54) is 55.5 Å². The molecule has 3 heteroatoms. The minimum Gasteiger partial charge on any atom is -0.472 e. The van der Waals surface area contributed by atoms with Crippen LogP contribution < -0.4 is 4.74 Å². The Morgan fingerprint density at radius 2 is 1.06 bits per heavy atom. The van der Waals surface area contributed by atoms with Gasteiger partial charge in [-0.2, -0.15) is 0 Å². The molecule has 0 spiro atoms. The third-order valence-electron chi connectivity index (χ3n) is 14.8. The normalized spacial score (nSPS) is 16.9. The van der Waals surface area contributed by atoms with Gasteiger partial charge in [-0.1, -0.05) is 198 Å². The lowest BCUT2D eigenvalue weighted by Gasteiger charge is -2.40. The average Bonchev–Trinajstić information content (AvgIpc) is 3.79. The number of hydrogen-bond donors (Lipinski definition) is 0. The number of rotatable bonds is 7. The van der Waals surface area contributed by atoms with Crippen molar-refractivity contribution in [2.24, 2.45) is 0 Å². The SMILES string of the molecule is CCC1(CC)c2ccccc2-c2c1c1c(c3ccccc23)OC(c2cccc(-c3nc(-c4ccccc4)cc(-c4ccccc4)n3)c2)(c2ccc3c(c2)C(C)(C)c2ccccc2-3)C=C1. The molecule has 2 heterocycles. The molecule has 0 saturated heterocycles. The van der Waals surface area contributed by atoms with E-state index in [1.54, 1.807) is 0 Å². The number of fused-ring (bicyclic) bond motifs is 11. The van der Waals surface area contributed by atoms with E-state index in [9.17, 15) is 0 Å². The fourth-order valence-electron chi connectivity index (χ4n) is 11.5. The Bertz CT molecular complexity index is 3300. The molecular formula is C61H48N2O. The maximum Gasteiger partial charge on any atom is 0.178 e. The summed E-state index contributed by atoms with van der Waals surface area (Å²) in [7, 11) is 0. The van der Waals surface area contributed by atoms with Gasteiger partial charge in [0, 0.05) is 49.6 Å². The van der Waals surface area contributed by atoms with E-state index in [0.29, 0.717) is 5.82 Å². The van der Waals surface area contributed by atoms with Gasteiger partial charge in [0.25, 0.3) is 0 Å². The molecule has 0 fully saturated rings. The van der Waals surface area contributed by atoms with Crippen LogP contribution >= 0.6 is 0 Å². The quantitative estimate of drug-likeness (QED) is 0.161. The van der Waals surface area contributed by atoms with Gasteiger partial charge >= 0.3 is 0 Å². The highest BCUT2D eigenvalue weighted by Gasteiger charge is 2.47. The second-order valence-electron chi connectivity index (χ2n) is 18.3. The van der Waals surface area contributed by atoms with Crippen LogP contribution in [-0.2, 0) is 16.4 Å². The van der Waals surface area contributed by atoms with E-state index < -0.39 is 5.60 Å². The summed E-state index contributed by atoms with van der Waals surface area (Å²) in [6.07, 6.45) is 6.73. The molecule has 0 N–H and O–H groups in total. The molecule has 3 aliphatic rings. The molecule has 9 aromatic rings. The molecule has 64 heavy (non-hydrogen) atoms. The number of nitrogens with zero attached hydrogens (tertiary/aromatic N) is 2. The Labute approximate surface area is 375 Å². The van der Waals surface area contributed by atoms with Gasteiger partial charge in [-0.25, -0.2) is 9.97 Å². The van der Waals surface area contributed by atoms with Crippen LogP contribution in [0.4, 0.5) is 0 Å². The lowest BCUT2D eigenvalue weighted by Crippen LogP contribution is -2.35. The van der Waals surface area contributed by atoms with Crippen molar-refractivity contribution < 1.29 is 4.74 Å². The Morgan fingerprint density at radius 1 is 0.484 bits per heavy atom. The van der Waals surface area contributed by atoms with Gasteiger partial charge < -0.3 is 4.74 Å². The van der Waals surface area contributed by atoms with Crippen LogP contribution in [0.15, 0.2) is 188 Å². The molecule has 0 radical (unpaired) electrons. The first-order valence-corrected chi connectivity index (χ1v) is 22.8. The molecule has 1 atom stereocenters. The van der Waals surface area contributed by atoms with Gasteiger partial charge in [-0.05, 0) is 87.0 Å². The summed E-state index contributed by atoms with van der Waals surface area (Å²) < 4.78 is 7.97. The molecule has 8 aromatic carbocycles. The lowest BCUT2D eigenvalue weighted by molar-refractivity contribution is 0.163. The first kappa shape index (κ1) is 38.3. The van der Waals surface area contributed by atoms with Crippen LogP contribution in [0.3, 0.4) is 0 Å². The van der Waals surface area contributed by atoms with Crippen molar-refractivity contribution in [1.29, 1.82) is 0 Å². The zero-order valence-electron chi connectivity index (χ0n) is 36.7. The Balaban J connectivity index is 1.11. The lowest BCUT2D eigenvalue weighted by atomic mass is 9.71. The molecule has 1 aromatic heterocycles. The van der Waals surface area contributed by atoms with Crippen molar-refractivity contribution in [3.8, 4) is 61.9 Å². The molecule has 12 rings (SSSR count). The largest absolute Gasteiger partial charge is 0.472 e. The van der Waals surface area contributed by atoms with Crippen LogP contribution in [0.25, 0.3) is 73.0 Å². The predicted octanol–water partition coefficient (Wildman–Crippen LogP) is 15.4. The molecule has 308 valence electrons. The molecular weight excluding hydrogens is 777 g/mol. The minimum absolute atomic E-state index is 0.144. The highest BCUT2D eigenvalue weighted by Crippen LogP contribution is 2.61. The van der Waals surface area contributed by atoms with Gasteiger partial charge in [0.2, 0.25) is 0 Å². The average molecular weight is 825 g/mol. The van der Waals surface area contributed by atoms with Gasteiger partial charge in [0.05, 0.1) is 11.4 Å². The molecule has 0 amide bonds. The molecule has 1 aliphatic heterocycles. The van der Waals surface area contributed by atoms with Crippen molar-refractivity contribution in [1.82, 2.24) is 9.97 Å². The van der Waals surface area contributed by atoms with Crippen molar-refractivity contribution in [2.45, 2.75) is 57.0 Å². The number of aromatic nitrogens is 2. The molecule has 2 aliphatic carbocycles. The summed E-state index contributed by atoms with van der Waals surface area (Å²) in [4.78, 5) is 10.5. The van der Waals surface area contributed by atoms with Crippen LogP contribution in [0.5, 0.6) is 5.75 Å². The zero-order valence-corrected chi connectivity index (χ0v) is 36.7. The fraction of sp³-hybridized carbons (Fsp3) is 0.148. The summed E-state index contributed by atoms with van der Waals surface area (Å²) in [6.45, 7) is 9.41. The van der Waals surface area contributed by atoms with E-state index in [-0.39, 0.29) is 10.8 Å². The van der Waals surface area contributed by atoms with E-state index in [2.05, 4.69) is 210 Å². The summed E-state index contributed by atoms with van der Waals surface area (Å²) in [5.74, 6) is 1.60. The predicted molar refractivity (Wildman–Crippen MR) is 264 cm³/mol. The highest BCUT2D eigenvalue weighted by molar-refractivity contribution is 6.08. The van der Waals surface area contributed by atoms with E-state index in [4.69, 9.17) is 14.7 Å². The van der Waals surface area contributed by atoms with Crippen LogP contribution in [0, 0.1) is 0 Å². The van der Waals surface area contributed by atoms with Gasteiger partial charge in [-0.15, -0.1) is 0 Å². The molecule has 3 nitrogen and oxygen atoms in total. The van der Waals surface area contributed by atoms with Gasteiger partial charge in [-0.3, -0.25) is 0 Å². The Hall–Kier alpha value is -7.36. The van der Waals surface area contributed by atoms with Crippen molar-refractivity contribution in [3.05, 3.63) is 227 Å². The van der Waals surface area contributed by atoms with Gasteiger partial charge in [0.15, 0.2) is 11.4 Å². The summed E-state index contributed by atoms with van der Waals surface area (Å²) in [6, 6.07) is 65.5. The Morgan fingerprint density at radius 3 is 1.77 bits per heavy atom. The monoisotopic (exact) mass is 824 g/mol. The number of hydrogen-bond acceptors (Lipinski definition) is 3. The molecule has 1 unspecified atom stereocenters. The standard InChI is InChI=1S/C61H48N2O/c1-5-60(6-2)51-31-18-16-29-48(51)55-46-27-13-14-28-47(46)57-49(56(55)60)34-35-61(64-57,43-32-33-45-44-26-15-17-30-50(44)59(3,4)52(45)37-43)42-25-19-24-41(36-42)58-62-53(39-20-9-7-10-21-39)38-54(63-58)40-22-11-8-12-23-40/h7-38H,5-6H2,1-4H3. The first-order chi connectivity index (χ1) is 31.3. The number of benzene rings is 8. The second-order valence-corrected chi connectivity index (χ2v) is 18.3. The highest BCUT2D eigenvalue weighted by atomic mass is 16.5. The van der Waals surface area contributed by atoms with Crippen molar-refractivity contribution in [2.75, 3.05) is 0 Å².